The summed E-state index contributed by atoms with van der Waals surface area (Å²) in [6.07, 6.45) is 3.81. The molecule has 0 aliphatic carbocycles. The van der Waals surface area contributed by atoms with Crippen molar-refractivity contribution in [1.29, 1.82) is 0 Å². The van der Waals surface area contributed by atoms with E-state index in [1.165, 1.54) is 17.4 Å². The number of likely N-dealkylation sites (tertiary alicyclic amines) is 1. The number of anilines is 1. The normalized spacial score (nSPS) is 16.2. The maximum Gasteiger partial charge on any atom is 0.291 e. The molecule has 1 saturated heterocycles. The van der Waals surface area contributed by atoms with E-state index in [1.54, 1.807) is 12.1 Å². The van der Waals surface area contributed by atoms with E-state index in [2.05, 4.69) is 55.3 Å². The van der Waals surface area contributed by atoms with Gasteiger partial charge in [-0.3, -0.25) is 9.69 Å². The number of carbonyl (C=O) groups is 1. The van der Waals surface area contributed by atoms with Crippen molar-refractivity contribution in [2.24, 2.45) is 5.92 Å². The van der Waals surface area contributed by atoms with E-state index in [-0.39, 0.29) is 17.7 Å². The van der Waals surface area contributed by atoms with Gasteiger partial charge in [0.15, 0.2) is 5.76 Å². The first-order valence-electron chi connectivity index (χ1n) is 12.2. The van der Waals surface area contributed by atoms with Crippen LogP contribution in [0.4, 0.5) is 5.69 Å². The number of fused-ring (bicyclic) bond motifs is 1. The van der Waals surface area contributed by atoms with Crippen LogP contribution < -0.4 is 5.32 Å². The van der Waals surface area contributed by atoms with Gasteiger partial charge in [-0.15, -0.1) is 0 Å². The smallest absolute Gasteiger partial charge is 0.291 e. The lowest BCUT2D eigenvalue weighted by Crippen LogP contribution is -2.37. The predicted octanol–water partition coefficient (Wildman–Crippen LogP) is 7.22. The molecule has 1 aliphatic rings. The molecule has 1 amide bonds. The second-order valence-corrected chi connectivity index (χ2v) is 9.71. The van der Waals surface area contributed by atoms with Gasteiger partial charge in [0, 0.05) is 5.39 Å². The fourth-order valence-corrected chi connectivity index (χ4v) is 4.85. The lowest BCUT2D eigenvalue weighted by Gasteiger charge is -2.36. The van der Waals surface area contributed by atoms with Crippen molar-refractivity contribution < 1.29 is 13.6 Å². The first-order chi connectivity index (χ1) is 16.5. The number of para-hydroxylation sites is 1. The molecule has 5 rings (SSSR count). The molecule has 1 fully saturated rings. The third kappa shape index (κ3) is 4.40. The quantitative estimate of drug-likeness (QED) is 0.333. The maximum absolute atomic E-state index is 13.0. The van der Waals surface area contributed by atoms with Gasteiger partial charge in [-0.25, -0.2) is 0 Å². The standard InChI is InChI=1S/C29H32N2O3/c1-19(2)21-10-12-22(13-11-21)27(31-16-14-20(3)15-17-31)28-26(23-7-4-5-8-24(23)34-28)30-29(32)25-9-6-18-33-25/h4-13,18-20,27H,14-17H2,1-3H3,(H,30,32)/t27-/m0/s1. The highest BCUT2D eigenvalue weighted by Gasteiger charge is 2.32. The summed E-state index contributed by atoms with van der Waals surface area (Å²) in [5, 5.41) is 4.01. The molecule has 5 heteroatoms. The van der Waals surface area contributed by atoms with Crippen LogP contribution in [-0.2, 0) is 0 Å². The fourth-order valence-electron chi connectivity index (χ4n) is 4.85. The zero-order chi connectivity index (χ0) is 23.7. The summed E-state index contributed by atoms with van der Waals surface area (Å²) in [7, 11) is 0. The number of furan rings is 2. The molecule has 2 aromatic heterocycles. The molecule has 5 nitrogen and oxygen atoms in total. The van der Waals surface area contributed by atoms with Gasteiger partial charge >= 0.3 is 0 Å². The number of rotatable bonds is 6. The lowest BCUT2D eigenvalue weighted by molar-refractivity contribution is 0.0995. The van der Waals surface area contributed by atoms with Crippen molar-refractivity contribution in [3.05, 3.63) is 89.6 Å². The van der Waals surface area contributed by atoms with Crippen LogP contribution in [-0.4, -0.2) is 23.9 Å². The summed E-state index contributed by atoms with van der Waals surface area (Å²) in [6.45, 7) is 8.71. The molecule has 1 aliphatic heterocycles. The molecule has 4 aromatic rings. The molecular weight excluding hydrogens is 424 g/mol. The average Bonchev–Trinajstić information content (AvgIpc) is 3.50. The number of piperidine rings is 1. The van der Waals surface area contributed by atoms with Crippen LogP contribution in [0.3, 0.4) is 0 Å². The Morgan fingerprint density at radius 2 is 1.68 bits per heavy atom. The summed E-state index contributed by atoms with van der Waals surface area (Å²) in [6, 6.07) is 20.0. The third-order valence-corrected chi connectivity index (χ3v) is 6.96. The van der Waals surface area contributed by atoms with E-state index < -0.39 is 0 Å². The van der Waals surface area contributed by atoms with Gasteiger partial charge in [-0.1, -0.05) is 57.2 Å². The van der Waals surface area contributed by atoms with Crippen molar-refractivity contribution in [1.82, 2.24) is 4.90 Å². The van der Waals surface area contributed by atoms with Crippen molar-refractivity contribution in [3.63, 3.8) is 0 Å². The van der Waals surface area contributed by atoms with E-state index >= 15 is 0 Å². The Balaban J connectivity index is 1.62. The van der Waals surface area contributed by atoms with E-state index in [0.717, 1.165) is 42.7 Å². The molecule has 0 radical (unpaired) electrons. The molecule has 2 aromatic carbocycles. The van der Waals surface area contributed by atoms with Crippen molar-refractivity contribution in [2.45, 2.75) is 45.6 Å². The first kappa shape index (κ1) is 22.5. The number of hydrogen-bond donors (Lipinski definition) is 1. The first-order valence-corrected chi connectivity index (χ1v) is 12.2. The van der Waals surface area contributed by atoms with E-state index in [0.29, 0.717) is 17.5 Å². The molecular formula is C29H32N2O3. The van der Waals surface area contributed by atoms with Crippen molar-refractivity contribution in [2.75, 3.05) is 18.4 Å². The Bertz CT molecular complexity index is 1250. The minimum Gasteiger partial charge on any atom is -0.459 e. The average molecular weight is 457 g/mol. The zero-order valence-electron chi connectivity index (χ0n) is 20.1. The molecule has 0 bridgehead atoms. The highest BCUT2D eigenvalue weighted by Crippen LogP contribution is 2.42. The van der Waals surface area contributed by atoms with Gasteiger partial charge in [-0.2, -0.15) is 0 Å². The van der Waals surface area contributed by atoms with Crippen LogP contribution in [0.2, 0.25) is 0 Å². The van der Waals surface area contributed by atoms with E-state index in [1.807, 2.05) is 24.3 Å². The minimum absolute atomic E-state index is 0.0898. The van der Waals surface area contributed by atoms with Crippen molar-refractivity contribution in [3.8, 4) is 0 Å². The third-order valence-electron chi connectivity index (χ3n) is 6.96. The summed E-state index contributed by atoms with van der Waals surface area (Å²) in [4.78, 5) is 15.5. The number of amides is 1. The van der Waals surface area contributed by atoms with Crippen LogP contribution >= 0.6 is 0 Å². The minimum atomic E-state index is -0.279. The SMILES string of the molecule is CC1CCN([C@@H](c2ccc(C(C)C)cc2)c2oc3ccccc3c2NC(=O)c2ccco2)CC1. The lowest BCUT2D eigenvalue weighted by atomic mass is 9.92. The van der Waals surface area contributed by atoms with E-state index in [9.17, 15) is 4.79 Å². The summed E-state index contributed by atoms with van der Waals surface area (Å²) in [5.74, 6) is 1.96. The van der Waals surface area contributed by atoms with Gasteiger partial charge in [-0.05, 0) is 73.2 Å². The van der Waals surface area contributed by atoms with Crippen LogP contribution in [0.25, 0.3) is 11.0 Å². The number of benzene rings is 2. The molecule has 3 heterocycles. The molecule has 176 valence electrons. The summed E-state index contributed by atoms with van der Waals surface area (Å²) < 4.78 is 11.9. The highest BCUT2D eigenvalue weighted by atomic mass is 16.3. The zero-order valence-corrected chi connectivity index (χ0v) is 20.1. The number of hydrogen-bond acceptors (Lipinski definition) is 4. The Morgan fingerprint density at radius 1 is 0.971 bits per heavy atom. The second-order valence-electron chi connectivity index (χ2n) is 9.71. The molecule has 0 spiro atoms. The Kier molecular flexibility index (Phi) is 6.29. The monoisotopic (exact) mass is 456 g/mol. The van der Waals surface area contributed by atoms with Crippen LogP contribution in [0, 0.1) is 5.92 Å². The van der Waals surface area contributed by atoms with Gasteiger partial charge in [0.1, 0.15) is 11.3 Å². The van der Waals surface area contributed by atoms with Gasteiger partial charge in [0.2, 0.25) is 0 Å². The molecule has 0 saturated carbocycles. The van der Waals surface area contributed by atoms with Crippen LogP contribution in [0.15, 0.2) is 75.8 Å². The number of nitrogens with one attached hydrogen (secondary N) is 1. The summed E-state index contributed by atoms with van der Waals surface area (Å²) >= 11 is 0. The Hall–Kier alpha value is -3.31. The largest absolute Gasteiger partial charge is 0.459 e. The predicted molar refractivity (Wildman–Crippen MR) is 135 cm³/mol. The maximum atomic E-state index is 13.0. The number of nitrogens with zero attached hydrogens (tertiary/aromatic N) is 1. The van der Waals surface area contributed by atoms with Crippen LogP contribution in [0.1, 0.15) is 73.0 Å². The molecule has 1 N–H and O–H groups in total. The Labute approximate surface area is 200 Å². The number of carbonyl (C=O) groups excluding carboxylic acids is 1. The summed E-state index contributed by atoms with van der Waals surface area (Å²) in [5.41, 5.74) is 3.97. The molecule has 34 heavy (non-hydrogen) atoms. The second kappa shape index (κ2) is 9.51. The van der Waals surface area contributed by atoms with Gasteiger partial charge < -0.3 is 14.2 Å². The molecule has 0 unspecified atom stereocenters. The van der Waals surface area contributed by atoms with Gasteiger partial charge in [0.25, 0.3) is 5.91 Å². The van der Waals surface area contributed by atoms with Crippen LogP contribution in [0.5, 0.6) is 0 Å². The topological polar surface area (TPSA) is 58.6 Å². The molecule has 1 atom stereocenters. The fraction of sp³-hybridized carbons (Fsp3) is 0.345. The van der Waals surface area contributed by atoms with Crippen molar-refractivity contribution >= 4 is 22.6 Å². The highest BCUT2D eigenvalue weighted by molar-refractivity contribution is 6.08. The Morgan fingerprint density at radius 3 is 2.35 bits per heavy atom. The van der Waals surface area contributed by atoms with E-state index in [4.69, 9.17) is 8.83 Å². The van der Waals surface area contributed by atoms with Gasteiger partial charge in [0.05, 0.1) is 18.0 Å².